The number of allylic oxidation sites excluding steroid dienone is 2. The molecule has 0 amide bonds. The van der Waals surface area contributed by atoms with Gasteiger partial charge in [0.1, 0.15) is 0 Å². The Morgan fingerprint density at radius 2 is 1.88 bits per heavy atom. The first-order valence-electron chi connectivity index (χ1n) is 9.76. The third-order valence-electron chi connectivity index (χ3n) is 6.10. The molecule has 5 rings (SSSR count). The van der Waals surface area contributed by atoms with Crippen LogP contribution in [0.4, 0.5) is 0 Å². The molecule has 0 saturated carbocycles. The average Bonchev–Trinajstić information content (AvgIpc) is 3.30. The third kappa shape index (κ3) is 3.14. The Morgan fingerprint density at radius 1 is 1.04 bits per heavy atom. The van der Waals surface area contributed by atoms with E-state index in [4.69, 9.17) is 9.47 Å². The van der Waals surface area contributed by atoms with Crippen molar-refractivity contribution in [3.05, 3.63) is 59.8 Å². The monoisotopic (exact) mass is 350 g/mol. The van der Waals surface area contributed by atoms with E-state index in [-0.39, 0.29) is 0 Å². The third-order valence-corrected chi connectivity index (χ3v) is 6.10. The molecular formula is C22H26N2O2. The van der Waals surface area contributed by atoms with Crippen molar-refractivity contribution in [2.75, 3.05) is 26.4 Å². The fourth-order valence-corrected chi connectivity index (χ4v) is 4.58. The van der Waals surface area contributed by atoms with Gasteiger partial charge in [-0.15, -0.1) is 0 Å². The molecule has 0 aromatic heterocycles. The van der Waals surface area contributed by atoms with Crippen LogP contribution >= 0.6 is 0 Å². The second-order valence-electron chi connectivity index (χ2n) is 7.82. The van der Waals surface area contributed by atoms with Gasteiger partial charge in [-0.1, -0.05) is 30.4 Å². The largest absolute Gasteiger partial charge is 0.454 e. The number of likely N-dealkylation sites (tertiary alicyclic amines) is 1. The number of ether oxygens (including phenoxy) is 2. The zero-order valence-electron chi connectivity index (χ0n) is 15.1. The first kappa shape index (κ1) is 16.0. The molecule has 0 bridgehead atoms. The van der Waals surface area contributed by atoms with Gasteiger partial charge in [0.25, 0.3) is 0 Å². The van der Waals surface area contributed by atoms with Crippen LogP contribution in [0.5, 0.6) is 11.5 Å². The van der Waals surface area contributed by atoms with Crippen molar-refractivity contribution in [2.24, 2.45) is 11.8 Å². The van der Waals surface area contributed by atoms with Crippen molar-refractivity contribution < 1.29 is 9.47 Å². The summed E-state index contributed by atoms with van der Waals surface area (Å²) in [4.78, 5) is 2.62. The van der Waals surface area contributed by atoms with Crippen molar-refractivity contribution in [3.8, 4) is 11.5 Å². The minimum atomic E-state index is 0.356. The van der Waals surface area contributed by atoms with Gasteiger partial charge in [-0.25, -0.2) is 0 Å². The van der Waals surface area contributed by atoms with Gasteiger partial charge in [-0.2, -0.15) is 0 Å². The van der Waals surface area contributed by atoms with Gasteiger partial charge >= 0.3 is 0 Å². The molecule has 0 radical (unpaired) electrons. The van der Waals surface area contributed by atoms with E-state index in [1.807, 2.05) is 0 Å². The number of nitrogens with one attached hydrogen (secondary N) is 1. The van der Waals surface area contributed by atoms with Crippen molar-refractivity contribution in [2.45, 2.75) is 25.3 Å². The van der Waals surface area contributed by atoms with E-state index in [9.17, 15) is 0 Å². The van der Waals surface area contributed by atoms with Gasteiger partial charge in [-0.3, -0.25) is 4.90 Å². The zero-order valence-corrected chi connectivity index (χ0v) is 15.1. The summed E-state index contributed by atoms with van der Waals surface area (Å²) in [6.45, 7) is 3.85. The summed E-state index contributed by atoms with van der Waals surface area (Å²) >= 11 is 0. The number of nitrogens with zero attached hydrogens (tertiary/aromatic N) is 1. The molecule has 1 fully saturated rings. The topological polar surface area (TPSA) is 33.7 Å². The quantitative estimate of drug-likeness (QED) is 0.904. The second-order valence-corrected chi connectivity index (χ2v) is 7.82. The Balaban J connectivity index is 1.13. The number of piperidine rings is 1. The van der Waals surface area contributed by atoms with Gasteiger partial charge in [0.05, 0.1) is 6.04 Å². The van der Waals surface area contributed by atoms with E-state index in [2.05, 4.69) is 58.9 Å². The summed E-state index contributed by atoms with van der Waals surface area (Å²) < 4.78 is 10.9. The van der Waals surface area contributed by atoms with E-state index in [1.54, 1.807) is 0 Å². The van der Waals surface area contributed by atoms with Crippen LogP contribution in [0.1, 0.15) is 18.4 Å². The lowest BCUT2D eigenvalue weighted by Gasteiger charge is -2.33. The zero-order chi connectivity index (χ0) is 17.3. The van der Waals surface area contributed by atoms with E-state index >= 15 is 0 Å². The molecule has 1 aromatic carbocycles. The summed E-state index contributed by atoms with van der Waals surface area (Å²) in [5.41, 5.74) is 2.90. The molecule has 3 heterocycles. The standard InChI is InChI=1S/C22H26N2O2/c1-2-4-20-19(3-1)18(13-23-20)14-24-9-7-16(8-10-24)11-17-5-6-21-22(12-17)26-15-25-21/h1-6,12-13,16,19-20,23H,7-11,14-15H2. The Kier molecular flexibility index (Phi) is 4.21. The van der Waals surface area contributed by atoms with Crippen LogP contribution < -0.4 is 14.8 Å². The lowest BCUT2D eigenvalue weighted by molar-refractivity contribution is 0.174. The molecular weight excluding hydrogens is 324 g/mol. The summed E-state index contributed by atoms with van der Waals surface area (Å²) in [5.74, 6) is 3.11. The minimum Gasteiger partial charge on any atom is -0.454 e. The molecule has 4 heteroatoms. The molecule has 1 saturated heterocycles. The van der Waals surface area contributed by atoms with E-state index < -0.39 is 0 Å². The predicted molar refractivity (Wildman–Crippen MR) is 102 cm³/mol. The average molecular weight is 350 g/mol. The molecule has 4 nitrogen and oxygen atoms in total. The molecule has 1 aliphatic carbocycles. The van der Waals surface area contributed by atoms with Crippen molar-refractivity contribution in [1.82, 2.24) is 10.2 Å². The highest BCUT2D eigenvalue weighted by Crippen LogP contribution is 2.34. The molecule has 1 N–H and O–H groups in total. The van der Waals surface area contributed by atoms with E-state index in [0.29, 0.717) is 18.8 Å². The predicted octanol–water partition coefficient (Wildman–Crippen LogP) is 3.27. The minimum absolute atomic E-state index is 0.356. The summed E-state index contributed by atoms with van der Waals surface area (Å²) in [6.07, 6.45) is 14.9. The van der Waals surface area contributed by atoms with E-state index in [0.717, 1.165) is 30.4 Å². The SMILES string of the molecule is C1=CC2NC=C(CN3CCC(Cc4ccc5c(c4)OCO5)CC3)C2C=C1. The fraction of sp³-hybridized carbons (Fsp3) is 0.455. The van der Waals surface area contributed by atoms with Crippen LogP contribution in [0, 0.1) is 11.8 Å². The van der Waals surface area contributed by atoms with Gasteiger partial charge in [0.15, 0.2) is 11.5 Å². The Bertz CT molecular complexity index is 759. The maximum Gasteiger partial charge on any atom is 0.231 e. The molecule has 1 aromatic rings. The number of hydrogen-bond acceptors (Lipinski definition) is 4. The van der Waals surface area contributed by atoms with Crippen LogP contribution in [-0.2, 0) is 6.42 Å². The molecule has 4 aliphatic rings. The highest BCUT2D eigenvalue weighted by Gasteiger charge is 2.29. The Morgan fingerprint density at radius 3 is 2.81 bits per heavy atom. The van der Waals surface area contributed by atoms with E-state index in [1.165, 1.54) is 37.1 Å². The van der Waals surface area contributed by atoms with Crippen LogP contribution in [-0.4, -0.2) is 37.4 Å². The van der Waals surface area contributed by atoms with Gasteiger partial charge < -0.3 is 14.8 Å². The van der Waals surface area contributed by atoms with Crippen molar-refractivity contribution in [3.63, 3.8) is 0 Å². The van der Waals surface area contributed by atoms with Crippen LogP contribution in [0.3, 0.4) is 0 Å². The first-order chi connectivity index (χ1) is 12.8. The highest BCUT2D eigenvalue weighted by molar-refractivity contribution is 5.44. The fourth-order valence-electron chi connectivity index (χ4n) is 4.58. The van der Waals surface area contributed by atoms with Gasteiger partial charge in [-0.05, 0) is 67.7 Å². The van der Waals surface area contributed by atoms with Crippen LogP contribution in [0.25, 0.3) is 0 Å². The summed E-state index contributed by atoms with van der Waals surface area (Å²) in [5, 5.41) is 3.51. The smallest absolute Gasteiger partial charge is 0.231 e. The lowest BCUT2D eigenvalue weighted by Crippen LogP contribution is -2.36. The first-order valence-corrected chi connectivity index (χ1v) is 9.76. The molecule has 0 spiro atoms. The van der Waals surface area contributed by atoms with Gasteiger partial charge in [0.2, 0.25) is 6.79 Å². The molecule has 3 aliphatic heterocycles. The van der Waals surface area contributed by atoms with Crippen molar-refractivity contribution in [1.29, 1.82) is 0 Å². The molecule has 2 unspecified atom stereocenters. The summed E-state index contributed by atoms with van der Waals surface area (Å²) in [6, 6.07) is 6.87. The number of benzene rings is 1. The van der Waals surface area contributed by atoms with Gasteiger partial charge in [0, 0.05) is 12.5 Å². The Labute approximate surface area is 155 Å². The van der Waals surface area contributed by atoms with Crippen LogP contribution in [0.2, 0.25) is 0 Å². The molecule has 2 atom stereocenters. The second kappa shape index (κ2) is 6.84. The van der Waals surface area contributed by atoms with Crippen LogP contribution in [0.15, 0.2) is 54.3 Å². The molecule has 136 valence electrons. The number of hydrogen-bond donors (Lipinski definition) is 1. The summed E-state index contributed by atoms with van der Waals surface area (Å²) in [7, 11) is 0. The maximum atomic E-state index is 5.51. The lowest BCUT2D eigenvalue weighted by atomic mass is 9.88. The number of rotatable bonds is 4. The molecule has 26 heavy (non-hydrogen) atoms. The highest BCUT2D eigenvalue weighted by atomic mass is 16.7. The number of fused-ring (bicyclic) bond motifs is 2. The Hall–Kier alpha value is -2.20. The normalized spacial score (nSPS) is 27.3. The maximum absolute atomic E-state index is 5.51. The van der Waals surface area contributed by atoms with Crippen molar-refractivity contribution >= 4 is 0 Å².